The maximum Gasteiger partial charge on any atom is 0.161 e. The Hall–Kier alpha value is -1.26. The van der Waals surface area contributed by atoms with Crippen molar-refractivity contribution >= 4 is 0 Å². The molecule has 3 rings (SSSR count). The van der Waals surface area contributed by atoms with Crippen molar-refractivity contribution in [2.24, 2.45) is 0 Å². The van der Waals surface area contributed by atoms with Gasteiger partial charge in [-0.05, 0) is 44.1 Å². The molecule has 0 radical (unpaired) electrons. The van der Waals surface area contributed by atoms with Gasteiger partial charge in [0, 0.05) is 5.41 Å². The van der Waals surface area contributed by atoms with Crippen LogP contribution in [0.5, 0.6) is 11.5 Å². The van der Waals surface area contributed by atoms with Crippen LogP contribution in [-0.4, -0.2) is 40.0 Å². The van der Waals surface area contributed by atoms with E-state index in [0.29, 0.717) is 13.2 Å². The molecule has 0 spiro atoms. The van der Waals surface area contributed by atoms with Crippen LogP contribution in [0.1, 0.15) is 18.4 Å². The highest BCUT2D eigenvalue weighted by atomic mass is 16.6. The van der Waals surface area contributed by atoms with Crippen molar-refractivity contribution in [1.29, 1.82) is 0 Å². The molecule has 0 aromatic heterocycles. The Balaban J connectivity index is 1.79. The molecule has 0 amide bonds. The zero-order valence-electron chi connectivity index (χ0n) is 11.4. The van der Waals surface area contributed by atoms with Crippen molar-refractivity contribution in [3.05, 3.63) is 23.8 Å². The third kappa shape index (κ3) is 2.42. The third-order valence-electron chi connectivity index (χ3n) is 3.99. The predicted octanol–water partition coefficient (Wildman–Crippen LogP) is 1.73. The molecule has 4 heteroatoms. The van der Waals surface area contributed by atoms with Crippen LogP contribution in [0.4, 0.5) is 0 Å². The molecule has 1 aromatic carbocycles. The lowest BCUT2D eigenvalue weighted by atomic mass is 9.75. The normalized spacial score (nSPS) is 19.8. The highest BCUT2D eigenvalue weighted by Gasteiger charge is 2.40. The summed E-state index contributed by atoms with van der Waals surface area (Å²) >= 11 is 0. The monoisotopic (exact) mass is 263 g/mol. The quantitative estimate of drug-likeness (QED) is 0.821. The Morgan fingerprint density at radius 2 is 1.95 bits per heavy atom. The lowest BCUT2D eigenvalue weighted by molar-refractivity contribution is -0.0652. The lowest BCUT2D eigenvalue weighted by Gasteiger charge is -2.42. The molecule has 19 heavy (non-hydrogen) atoms. The second-order valence-electron chi connectivity index (χ2n) is 5.34. The van der Waals surface area contributed by atoms with E-state index in [2.05, 4.69) is 17.4 Å². The van der Waals surface area contributed by atoms with Crippen molar-refractivity contribution < 1.29 is 14.2 Å². The summed E-state index contributed by atoms with van der Waals surface area (Å²) in [7, 11) is 1.99. The summed E-state index contributed by atoms with van der Waals surface area (Å²) in [6.07, 6.45) is 2.31. The van der Waals surface area contributed by atoms with Crippen molar-refractivity contribution in [1.82, 2.24) is 5.32 Å². The van der Waals surface area contributed by atoms with Crippen molar-refractivity contribution in [2.75, 3.05) is 40.0 Å². The molecule has 0 unspecified atom stereocenters. The number of hydrogen-bond donors (Lipinski definition) is 1. The van der Waals surface area contributed by atoms with E-state index in [0.717, 1.165) is 44.1 Å². The smallest absolute Gasteiger partial charge is 0.161 e. The van der Waals surface area contributed by atoms with Gasteiger partial charge in [0.25, 0.3) is 0 Å². The highest BCUT2D eigenvalue weighted by molar-refractivity contribution is 5.46. The van der Waals surface area contributed by atoms with E-state index in [4.69, 9.17) is 14.2 Å². The van der Waals surface area contributed by atoms with E-state index in [1.54, 1.807) is 0 Å². The van der Waals surface area contributed by atoms with E-state index in [-0.39, 0.29) is 5.41 Å². The second kappa shape index (κ2) is 5.39. The summed E-state index contributed by atoms with van der Waals surface area (Å²) in [6.45, 7) is 3.96. The van der Waals surface area contributed by atoms with Gasteiger partial charge >= 0.3 is 0 Å². The summed E-state index contributed by atoms with van der Waals surface area (Å²) < 4.78 is 16.7. The average molecular weight is 263 g/mol. The Kier molecular flexibility index (Phi) is 3.62. The summed E-state index contributed by atoms with van der Waals surface area (Å²) in [5.74, 6) is 1.74. The zero-order valence-corrected chi connectivity index (χ0v) is 11.4. The second-order valence-corrected chi connectivity index (χ2v) is 5.34. The van der Waals surface area contributed by atoms with Gasteiger partial charge in [-0.25, -0.2) is 0 Å². The first-order valence-electron chi connectivity index (χ1n) is 6.97. The molecule has 1 N–H and O–H groups in total. The van der Waals surface area contributed by atoms with Gasteiger partial charge in [0.1, 0.15) is 13.2 Å². The van der Waals surface area contributed by atoms with Gasteiger partial charge in [-0.1, -0.05) is 6.07 Å². The molecular formula is C15H21NO3. The fraction of sp³-hybridized carbons (Fsp3) is 0.600. The fourth-order valence-electron chi connectivity index (χ4n) is 2.78. The van der Waals surface area contributed by atoms with Crippen LogP contribution in [0.3, 0.4) is 0 Å². The Morgan fingerprint density at radius 1 is 1.16 bits per heavy atom. The van der Waals surface area contributed by atoms with Gasteiger partial charge < -0.3 is 19.5 Å². The fourth-order valence-corrected chi connectivity index (χ4v) is 2.78. The third-order valence-corrected chi connectivity index (χ3v) is 3.99. The largest absolute Gasteiger partial charge is 0.486 e. The van der Waals surface area contributed by atoms with Gasteiger partial charge in [-0.2, -0.15) is 0 Å². The molecule has 0 atom stereocenters. The number of hydrogen-bond acceptors (Lipinski definition) is 4. The van der Waals surface area contributed by atoms with Crippen molar-refractivity contribution in [3.63, 3.8) is 0 Å². The highest BCUT2D eigenvalue weighted by Crippen LogP contribution is 2.41. The minimum Gasteiger partial charge on any atom is -0.486 e. The Labute approximate surface area is 114 Å². The van der Waals surface area contributed by atoms with Crippen LogP contribution in [0.2, 0.25) is 0 Å². The van der Waals surface area contributed by atoms with Crippen LogP contribution in [0, 0.1) is 0 Å². The number of ether oxygens (including phenoxy) is 3. The number of fused-ring (bicyclic) bond motifs is 1. The van der Waals surface area contributed by atoms with Crippen molar-refractivity contribution in [3.8, 4) is 11.5 Å². The van der Waals surface area contributed by atoms with Crippen LogP contribution in [-0.2, 0) is 10.2 Å². The summed E-state index contributed by atoms with van der Waals surface area (Å²) in [5.41, 5.74) is 1.49. The zero-order chi connectivity index (χ0) is 13.1. The maximum absolute atomic E-state index is 5.68. The Bertz CT molecular complexity index is 443. The number of nitrogens with one attached hydrogen (secondary N) is 1. The predicted molar refractivity (Wildman–Crippen MR) is 73.1 cm³/mol. The maximum atomic E-state index is 5.68. The van der Waals surface area contributed by atoms with Gasteiger partial charge in [-0.15, -0.1) is 0 Å². The summed E-state index contributed by atoms with van der Waals surface area (Å²) in [6, 6.07) is 6.33. The minimum atomic E-state index is 0.173. The van der Waals surface area contributed by atoms with Gasteiger partial charge in [0.05, 0.1) is 13.2 Å². The first kappa shape index (κ1) is 12.8. The minimum absolute atomic E-state index is 0.173. The lowest BCUT2D eigenvalue weighted by Crippen LogP contribution is -2.47. The van der Waals surface area contributed by atoms with Gasteiger partial charge in [0.15, 0.2) is 11.5 Å². The van der Waals surface area contributed by atoms with E-state index >= 15 is 0 Å². The molecule has 4 nitrogen and oxygen atoms in total. The molecular weight excluding hydrogens is 242 g/mol. The molecule has 2 aliphatic rings. The van der Waals surface area contributed by atoms with E-state index in [9.17, 15) is 0 Å². The van der Waals surface area contributed by atoms with E-state index in [1.165, 1.54) is 5.56 Å². The SMILES string of the molecule is CNCCCC1(c2ccc3c(c2)OCCO3)COC1. The van der Waals surface area contributed by atoms with Crippen LogP contribution in [0.25, 0.3) is 0 Å². The molecule has 1 aromatic rings. The first-order valence-corrected chi connectivity index (χ1v) is 6.97. The van der Waals surface area contributed by atoms with Crippen LogP contribution in [0.15, 0.2) is 18.2 Å². The average Bonchev–Trinajstić information content (AvgIpc) is 2.41. The van der Waals surface area contributed by atoms with Crippen molar-refractivity contribution in [2.45, 2.75) is 18.3 Å². The van der Waals surface area contributed by atoms with Crippen LogP contribution < -0.4 is 14.8 Å². The summed E-state index contributed by atoms with van der Waals surface area (Å²) in [4.78, 5) is 0. The Morgan fingerprint density at radius 3 is 2.63 bits per heavy atom. The van der Waals surface area contributed by atoms with Gasteiger partial charge in [0.2, 0.25) is 0 Å². The van der Waals surface area contributed by atoms with E-state index < -0.39 is 0 Å². The molecule has 0 aliphatic carbocycles. The number of rotatable bonds is 5. The molecule has 2 aliphatic heterocycles. The van der Waals surface area contributed by atoms with Gasteiger partial charge in [-0.3, -0.25) is 0 Å². The standard InChI is InChI=1S/C15H21NO3/c1-16-6-2-5-15(10-17-11-15)12-3-4-13-14(9-12)19-8-7-18-13/h3-4,9,16H,2,5-8,10-11H2,1H3. The van der Waals surface area contributed by atoms with E-state index in [1.807, 2.05) is 13.1 Å². The molecule has 1 fully saturated rings. The number of benzene rings is 1. The first-order chi connectivity index (χ1) is 9.34. The van der Waals surface area contributed by atoms with Crippen LogP contribution >= 0.6 is 0 Å². The molecule has 104 valence electrons. The molecule has 2 heterocycles. The molecule has 1 saturated heterocycles. The molecule has 0 bridgehead atoms. The summed E-state index contributed by atoms with van der Waals surface area (Å²) in [5, 5.41) is 3.20. The topological polar surface area (TPSA) is 39.7 Å². The molecule has 0 saturated carbocycles.